The van der Waals surface area contributed by atoms with E-state index in [0.717, 1.165) is 5.56 Å². The van der Waals surface area contributed by atoms with E-state index in [1.165, 1.54) is 4.90 Å². The maximum absolute atomic E-state index is 12.1. The zero-order valence-corrected chi connectivity index (χ0v) is 14.9. The average molecular weight is 366 g/mol. The lowest BCUT2D eigenvalue weighted by Gasteiger charge is -2.17. The van der Waals surface area contributed by atoms with Gasteiger partial charge in [0.05, 0.1) is 12.2 Å². The van der Waals surface area contributed by atoms with E-state index in [9.17, 15) is 9.59 Å². The van der Waals surface area contributed by atoms with Crippen LogP contribution < -0.4 is 5.32 Å². The lowest BCUT2D eigenvalue weighted by Crippen LogP contribution is -2.31. The molecule has 0 saturated heterocycles. The van der Waals surface area contributed by atoms with Gasteiger partial charge in [0.15, 0.2) is 0 Å². The van der Waals surface area contributed by atoms with Gasteiger partial charge in [0.2, 0.25) is 11.8 Å². The number of aromatic nitrogens is 1. The Morgan fingerprint density at radius 3 is 2.80 bits per heavy atom. The van der Waals surface area contributed by atoms with E-state index in [4.69, 9.17) is 20.9 Å². The van der Waals surface area contributed by atoms with Gasteiger partial charge in [0.25, 0.3) is 0 Å². The minimum absolute atomic E-state index is 0.0465. The van der Waals surface area contributed by atoms with Crippen LogP contribution in [0.5, 0.6) is 0 Å². The molecule has 2 rings (SSSR count). The zero-order valence-electron chi connectivity index (χ0n) is 14.1. The van der Waals surface area contributed by atoms with Crippen molar-refractivity contribution in [1.82, 2.24) is 10.1 Å². The van der Waals surface area contributed by atoms with Gasteiger partial charge in [-0.25, -0.2) is 4.79 Å². The fraction of sp³-hybridized carbons (Fsp3) is 0.353. The second-order valence-corrected chi connectivity index (χ2v) is 5.91. The number of halogens is 1. The van der Waals surface area contributed by atoms with Crippen LogP contribution in [-0.4, -0.2) is 42.3 Å². The summed E-state index contributed by atoms with van der Waals surface area (Å²) in [6.07, 6.45) is 0.242. The van der Waals surface area contributed by atoms with Crippen LogP contribution in [0.15, 0.2) is 34.9 Å². The number of carbonyl (C=O) groups is 2. The number of nitrogens with zero attached hydrogens (tertiary/aromatic N) is 2. The molecule has 0 radical (unpaired) electrons. The highest BCUT2D eigenvalue weighted by Gasteiger charge is 2.12. The Hall–Kier alpha value is -2.54. The molecule has 8 heteroatoms. The molecule has 0 spiro atoms. The van der Waals surface area contributed by atoms with Crippen LogP contribution in [-0.2, 0) is 16.0 Å². The molecule has 0 aliphatic rings. The molecule has 0 unspecified atom stereocenters. The summed E-state index contributed by atoms with van der Waals surface area (Å²) in [6.45, 7) is 2.11. The Balaban J connectivity index is 1.67. The number of anilines is 1. The number of amides is 2. The number of ether oxygens (including phenoxy) is 1. The average Bonchev–Trinajstić information content (AvgIpc) is 2.98. The Morgan fingerprint density at radius 2 is 2.12 bits per heavy atom. The molecule has 2 aromatic rings. The minimum atomic E-state index is -0.659. The summed E-state index contributed by atoms with van der Waals surface area (Å²) >= 11 is 6.07. The van der Waals surface area contributed by atoms with Gasteiger partial charge in [-0.05, 0) is 25.0 Å². The smallest absolute Gasteiger partial charge is 0.414 e. The van der Waals surface area contributed by atoms with E-state index >= 15 is 0 Å². The van der Waals surface area contributed by atoms with Crippen molar-refractivity contribution in [2.45, 2.75) is 19.8 Å². The van der Waals surface area contributed by atoms with Gasteiger partial charge < -0.3 is 14.2 Å². The molecule has 0 aliphatic carbocycles. The maximum Gasteiger partial charge on any atom is 0.414 e. The summed E-state index contributed by atoms with van der Waals surface area (Å²) < 4.78 is 9.85. The number of benzene rings is 1. The maximum atomic E-state index is 12.1. The van der Waals surface area contributed by atoms with E-state index in [2.05, 4.69) is 10.5 Å². The van der Waals surface area contributed by atoms with Crippen LogP contribution in [0.3, 0.4) is 0 Å². The molecule has 1 N–H and O–H groups in total. The Bertz CT molecular complexity index is 732. The molecule has 0 fully saturated rings. The molecule has 0 bridgehead atoms. The van der Waals surface area contributed by atoms with Gasteiger partial charge in [0, 0.05) is 24.6 Å². The van der Waals surface area contributed by atoms with Gasteiger partial charge in [0.1, 0.15) is 6.61 Å². The van der Waals surface area contributed by atoms with E-state index < -0.39 is 6.09 Å². The van der Waals surface area contributed by atoms with Crippen molar-refractivity contribution >= 4 is 29.5 Å². The Kier molecular flexibility index (Phi) is 6.82. The topological polar surface area (TPSA) is 84.7 Å². The second kappa shape index (κ2) is 9.08. The number of hydrogen-bond acceptors (Lipinski definition) is 5. The highest BCUT2D eigenvalue weighted by atomic mass is 35.5. The fourth-order valence-electron chi connectivity index (χ4n) is 2.09. The normalized spacial score (nSPS) is 10.4. The van der Waals surface area contributed by atoms with Crippen molar-refractivity contribution in [3.8, 4) is 0 Å². The summed E-state index contributed by atoms with van der Waals surface area (Å²) in [5.41, 5.74) is 1.59. The SMILES string of the molecule is Cc1cc(NC(=O)OCCN(C)C(=O)CCc2ccccc2Cl)on1. The molecule has 1 aromatic carbocycles. The summed E-state index contributed by atoms with van der Waals surface area (Å²) in [4.78, 5) is 25.2. The molecule has 25 heavy (non-hydrogen) atoms. The lowest BCUT2D eigenvalue weighted by atomic mass is 10.1. The van der Waals surface area contributed by atoms with Crippen molar-refractivity contribution in [1.29, 1.82) is 0 Å². The monoisotopic (exact) mass is 365 g/mol. The number of rotatable bonds is 7. The fourth-order valence-corrected chi connectivity index (χ4v) is 2.32. The number of aryl methyl sites for hydroxylation is 2. The van der Waals surface area contributed by atoms with Crippen molar-refractivity contribution in [3.05, 3.63) is 46.6 Å². The second-order valence-electron chi connectivity index (χ2n) is 5.50. The molecule has 134 valence electrons. The number of likely N-dealkylation sites (N-methyl/N-ethyl adjacent to an activating group) is 1. The van der Waals surface area contributed by atoms with Crippen LogP contribution in [0.2, 0.25) is 5.02 Å². The summed E-state index contributed by atoms with van der Waals surface area (Å²) in [5.74, 6) is 0.168. The first-order valence-electron chi connectivity index (χ1n) is 7.80. The third kappa shape index (κ3) is 6.11. The molecule has 0 saturated carbocycles. The highest BCUT2D eigenvalue weighted by Crippen LogP contribution is 2.16. The van der Waals surface area contributed by atoms with Crippen LogP contribution in [0.4, 0.5) is 10.7 Å². The third-order valence-corrected chi connectivity index (χ3v) is 3.87. The number of hydrogen-bond donors (Lipinski definition) is 1. The van der Waals surface area contributed by atoms with Crippen LogP contribution in [0, 0.1) is 6.92 Å². The third-order valence-electron chi connectivity index (χ3n) is 3.50. The van der Waals surface area contributed by atoms with Gasteiger partial charge in [-0.2, -0.15) is 0 Å². The van der Waals surface area contributed by atoms with Gasteiger partial charge in [-0.3, -0.25) is 10.1 Å². The molecule has 1 aromatic heterocycles. The van der Waals surface area contributed by atoms with E-state index in [0.29, 0.717) is 30.1 Å². The van der Waals surface area contributed by atoms with Gasteiger partial charge >= 0.3 is 6.09 Å². The van der Waals surface area contributed by atoms with Crippen LogP contribution in [0.25, 0.3) is 0 Å². The summed E-state index contributed by atoms with van der Waals surface area (Å²) in [7, 11) is 1.66. The number of carbonyl (C=O) groups excluding carboxylic acids is 2. The first kappa shape index (κ1) is 18.8. The first-order chi connectivity index (χ1) is 12.0. The molecular weight excluding hydrogens is 346 g/mol. The lowest BCUT2D eigenvalue weighted by molar-refractivity contribution is -0.130. The largest absolute Gasteiger partial charge is 0.447 e. The van der Waals surface area contributed by atoms with E-state index in [-0.39, 0.29) is 18.4 Å². The Morgan fingerprint density at radius 1 is 1.36 bits per heavy atom. The predicted molar refractivity (Wildman–Crippen MR) is 93.6 cm³/mol. The molecule has 7 nitrogen and oxygen atoms in total. The standard InChI is InChI=1S/C17H20ClN3O4/c1-12-11-15(25-20-12)19-17(23)24-10-9-21(2)16(22)8-7-13-5-3-4-6-14(13)18/h3-6,11H,7-10H2,1-2H3,(H,19,23). The van der Waals surface area contributed by atoms with Crippen molar-refractivity contribution in [3.63, 3.8) is 0 Å². The van der Waals surface area contributed by atoms with Crippen LogP contribution in [0.1, 0.15) is 17.7 Å². The molecule has 0 aliphatic heterocycles. The van der Waals surface area contributed by atoms with Crippen molar-refractivity contribution in [2.24, 2.45) is 0 Å². The first-order valence-corrected chi connectivity index (χ1v) is 8.18. The van der Waals surface area contributed by atoms with Gasteiger partial charge in [-0.1, -0.05) is 35.0 Å². The van der Waals surface area contributed by atoms with Crippen LogP contribution >= 0.6 is 11.6 Å². The number of nitrogens with one attached hydrogen (secondary N) is 1. The quantitative estimate of drug-likeness (QED) is 0.813. The van der Waals surface area contributed by atoms with Crippen molar-refractivity contribution in [2.75, 3.05) is 25.5 Å². The van der Waals surface area contributed by atoms with E-state index in [1.54, 1.807) is 26.1 Å². The summed E-state index contributed by atoms with van der Waals surface area (Å²) in [5, 5.41) is 6.71. The minimum Gasteiger partial charge on any atom is -0.447 e. The molecule has 0 atom stereocenters. The Labute approximate surface area is 150 Å². The summed E-state index contributed by atoms with van der Waals surface area (Å²) in [6, 6.07) is 9.01. The van der Waals surface area contributed by atoms with Gasteiger partial charge in [-0.15, -0.1) is 0 Å². The highest BCUT2D eigenvalue weighted by molar-refractivity contribution is 6.31. The predicted octanol–water partition coefficient (Wildman–Crippen LogP) is 3.28. The van der Waals surface area contributed by atoms with Crippen molar-refractivity contribution < 1.29 is 18.8 Å². The van der Waals surface area contributed by atoms with E-state index in [1.807, 2.05) is 18.2 Å². The zero-order chi connectivity index (χ0) is 18.2. The molecular formula is C17H20ClN3O4. The molecule has 1 heterocycles. The molecule has 2 amide bonds.